The van der Waals surface area contributed by atoms with E-state index in [-0.39, 0.29) is 0 Å². The smallest absolute Gasteiger partial charge is 0.0493 e. The fraction of sp³-hybridized carbons (Fsp3) is 1.00. The van der Waals surface area contributed by atoms with Gasteiger partial charge >= 0.3 is 0 Å². The van der Waals surface area contributed by atoms with E-state index >= 15 is 0 Å². The van der Waals surface area contributed by atoms with Crippen molar-refractivity contribution in [3.63, 3.8) is 0 Å². The maximum atomic E-state index is 5.43. The number of nitrogens with one attached hydrogen (secondary N) is 1. The SMILES string of the molecule is CNCC1(C(C)COC)CCOCC1. The van der Waals surface area contributed by atoms with Gasteiger partial charge in [0.2, 0.25) is 0 Å². The van der Waals surface area contributed by atoms with Gasteiger partial charge < -0.3 is 14.8 Å². The molecule has 1 fully saturated rings. The van der Waals surface area contributed by atoms with Crippen molar-refractivity contribution in [3.05, 3.63) is 0 Å². The average molecular weight is 201 g/mol. The maximum absolute atomic E-state index is 5.43. The molecule has 1 aliphatic heterocycles. The molecule has 0 saturated carbocycles. The minimum atomic E-state index is 0.378. The molecule has 14 heavy (non-hydrogen) atoms. The van der Waals surface area contributed by atoms with E-state index in [0.29, 0.717) is 11.3 Å². The zero-order chi connectivity index (χ0) is 10.4. The molecule has 84 valence electrons. The predicted octanol–water partition coefficient (Wildman–Crippen LogP) is 1.29. The number of rotatable bonds is 5. The molecule has 1 rings (SSSR count). The summed E-state index contributed by atoms with van der Waals surface area (Å²) in [6, 6.07) is 0. The van der Waals surface area contributed by atoms with Crippen LogP contribution in [0.1, 0.15) is 19.8 Å². The highest BCUT2D eigenvalue weighted by Crippen LogP contribution is 2.37. The van der Waals surface area contributed by atoms with Crippen LogP contribution in [0.15, 0.2) is 0 Å². The number of hydrogen-bond donors (Lipinski definition) is 1. The van der Waals surface area contributed by atoms with Gasteiger partial charge in [0.15, 0.2) is 0 Å². The molecule has 1 heterocycles. The van der Waals surface area contributed by atoms with Crippen molar-refractivity contribution < 1.29 is 9.47 Å². The lowest BCUT2D eigenvalue weighted by Crippen LogP contribution is -2.44. The van der Waals surface area contributed by atoms with E-state index in [1.54, 1.807) is 7.11 Å². The van der Waals surface area contributed by atoms with E-state index in [1.807, 2.05) is 7.05 Å². The standard InChI is InChI=1S/C11H23NO2/c1-10(8-13-3)11(9-12-2)4-6-14-7-5-11/h10,12H,4-9H2,1-3H3. The van der Waals surface area contributed by atoms with Crippen LogP contribution < -0.4 is 5.32 Å². The molecule has 3 nitrogen and oxygen atoms in total. The van der Waals surface area contributed by atoms with Gasteiger partial charge in [0.25, 0.3) is 0 Å². The molecule has 0 aromatic heterocycles. The van der Waals surface area contributed by atoms with Crippen molar-refractivity contribution in [2.45, 2.75) is 19.8 Å². The summed E-state index contributed by atoms with van der Waals surface area (Å²) in [5.41, 5.74) is 0.378. The molecule has 1 saturated heterocycles. The van der Waals surface area contributed by atoms with Crippen LogP contribution in [0.4, 0.5) is 0 Å². The minimum Gasteiger partial charge on any atom is -0.384 e. The number of ether oxygens (including phenoxy) is 2. The highest BCUT2D eigenvalue weighted by molar-refractivity contribution is 4.88. The van der Waals surface area contributed by atoms with Gasteiger partial charge in [-0.05, 0) is 31.2 Å². The first-order chi connectivity index (χ1) is 6.75. The van der Waals surface area contributed by atoms with Gasteiger partial charge in [-0.25, -0.2) is 0 Å². The molecule has 1 N–H and O–H groups in total. The molecule has 1 aliphatic rings. The van der Waals surface area contributed by atoms with Crippen molar-refractivity contribution in [1.29, 1.82) is 0 Å². The molecule has 0 amide bonds. The summed E-state index contributed by atoms with van der Waals surface area (Å²) in [4.78, 5) is 0. The van der Waals surface area contributed by atoms with Crippen molar-refractivity contribution in [2.24, 2.45) is 11.3 Å². The average Bonchev–Trinajstić information content (AvgIpc) is 2.20. The van der Waals surface area contributed by atoms with Crippen molar-refractivity contribution in [3.8, 4) is 0 Å². The Bertz CT molecular complexity index is 150. The molecular formula is C11H23NO2. The van der Waals surface area contributed by atoms with Crippen LogP contribution in [-0.2, 0) is 9.47 Å². The van der Waals surface area contributed by atoms with Crippen LogP contribution >= 0.6 is 0 Å². The highest BCUT2D eigenvalue weighted by atomic mass is 16.5. The van der Waals surface area contributed by atoms with Crippen molar-refractivity contribution >= 4 is 0 Å². The van der Waals surface area contributed by atoms with Gasteiger partial charge in [0.05, 0.1) is 0 Å². The van der Waals surface area contributed by atoms with Crippen molar-refractivity contribution in [1.82, 2.24) is 5.32 Å². The van der Waals surface area contributed by atoms with E-state index in [0.717, 1.165) is 39.2 Å². The van der Waals surface area contributed by atoms with Gasteiger partial charge in [-0.1, -0.05) is 6.92 Å². The van der Waals surface area contributed by atoms with E-state index in [2.05, 4.69) is 12.2 Å². The Morgan fingerprint density at radius 3 is 2.57 bits per heavy atom. The first-order valence-corrected chi connectivity index (χ1v) is 5.46. The van der Waals surface area contributed by atoms with Gasteiger partial charge in [0, 0.05) is 33.5 Å². The summed E-state index contributed by atoms with van der Waals surface area (Å²) in [7, 11) is 3.81. The Labute approximate surface area is 87.2 Å². The molecule has 0 radical (unpaired) electrons. The normalized spacial score (nSPS) is 23.4. The third kappa shape index (κ3) is 2.69. The number of hydrogen-bond acceptors (Lipinski definition) is 3. The summed E-state index contributed by atoms with van der Waals surface area (Å²) >= 11 is 0. The molecule has 1 atom stereocenters. The first-order valence-electron chi connectivity index (χ1n) is 5.46. The van der Waals surface area contributed by atoms with Crippen molar-refractivity contribution in [2.75, 3.05) is 40.5 Å². The predicted molar refractivity (Wildman–Crippen MR) is 57.5 cm³/mol. The van der Waals surface area contributed by atoms with Gasteiger partial charge in [0.1, 0.15) is 0 Å². The lowest BCUT2D eigenvalue weighted by molar-refractivity contribution is -0.0323. The second-order valence-corrected chi connectivity index (χ2v) is 4.36. The van der Waals surface area contributed by atoms with Crippen LogP contribution in [0.25, 0.3) is 0 Å². The fourth-order valence-corrected chi connectivity index (χ4v) is 2.40. The quantitative estimate of drug-likeness (QED) is 0.727. The largest absolute Gasteiger partial charge is 0.384 e. The molecule has 0 bridgehead atoms. The second kappa shape index (κ2) is 5.69. The molecular weight excluding hydrogens is 178 g/mol. The molecule has 0 aromatic carbocycles. The van der Waals surface area contributed by atoms with E-state index in [9.17, 15) is 0 Å². The molecule has 1 unspecified atom stereocenters. The maximum Gasteiger partial charge on any atom is 0.0493 e. The Kier molecular flexibility index (Phi) is 4.85. The highest BCUT2D eigenvalue weighted by Gasteiger charge is 2.37. The molecule has 0 spiro atoms. The Balaban J connectivity index is 2.58. The van der Waals surface area contributed by atoms with E-state index < -0.39 is 0 Å². The van der Waals surface area contributed by atoms with Crippen LogP contribution in [0, 0.1) is 11.3 Å². The van der Waals surface area contributed by atoms with E-state index in [1.165, 1.54) is 0 Å². The van der Waals surface area contributed by atoms with E-state index in [4.69, 9.17) is 9.47 Å². The number of methoxy groups -OCH3 is 1. The first kappa shape index (κ1) is 12.0. The summed E-state index contributed by atoms with van der Waals surface area (Å²) < 4.78 is 10.7. The third-order valence-corrected chi connectivity index (χ3v) is 3.48. The Hall–Kier alpha value is -0.120. The Morgan fingerprint density at radius 1 is 1.43 bits per heavy atom. The third-order valence-electron chi connectivity index (χ3n) is 3.48. The molecule has 3 heteroatoms. The van der Waals surface area contributed by atoms with Crippen LogP contribution in [-0.4, -0.2) is 40.5 Å². The summed E-state index contributed by atoms with van der Waals surface area (Å²) in [6.45, 7) is 6.00. The van der Waals surface area contributed by atoms with Gasteiger partial charge in [-0.2, -0.15) is 0 Å². The fourth-order valence-electron chi connectivity index (χ4n) is 2.40. The second-order valence-electron chi connectivity index (χ2n) is 4.36. The van der Waals surface area contributed by atoms with Crippen LogP contribution in [0.2, 0.25) is 0 Å². The van der Waals surface area contributed by atoms with Gasteiger partial charge in [-0.15, -0.1) is 0 Å². The topological polar surface area (TPSA) is 30.5 Å². The zero-order valence-corrected chi connectivity index (χ0v) is 9.64. The van der Waals surface area contributed by atoms with Gasteiger partial charge in [-0.3, -0.25) is 0 Å². The Morgan fingerprint density at radius 2 is 2.07 bits per heavy atom. The summed E-state index contributed by atoms with van der Waals surface area (Å²) in [5.74, 6) is 0.601. The lowest BCUT2D eigenvalue weighted by atomic mass is 9.70. The molecule has 0 aromatic rings. The molecule has 0 aliphatic carbocycles. The summed E-state index contributed by atoms with van der Waals surface area (Å²) in [6.07, 6.45) is 2.30. The lowest BCUT2D eigenvalue weighted by Gasteiger charge is -2.41. The monoisotopic (exact) mass is 201 g/mol. The minimum absolute atomic E-state index is 0.378. The van der Waals surface area contributed by atoms with Crippen LogP contribution in [0.3, 0.4) is 0 Å². The summed E-state index contributed by atoms with van der Waals surface area (Å²) in [5, 5.41) is 3.31. The zero-order valence-electron chi connectivity index (χ0n) is 9.64. The van der Waals surface area contributed by atoms with Crippen LogP contribution in [0.5, 0.6) is 0 Å².